The number of hydrogen-bond donors (Lipinski definition) is 1. The number of aryl methyl sites for hydroxylation is 1. The third kappa shape index (κ3) is 3.14. The molecule has 0 spiro atoms. The van der Waals surface area contributed by atoms with Crippen molar-refractivity contribution < 1.29 is 0 Å². The molecule has 2 rings (SSSR count). The maximum Gasteiger partial charge on any atom is 0.0522 e. The highest BCUT2D eigenvalue weighted by Gasteiger charge is 2.45. The van der Waals surface area contributed by atoms with E-state index in [9.17, 15) is 0 Å². The quantitative estimate of drug-likeness (QED) is 0.876. The third-order valence-corrected chi connectivity index (χ3v) is 3.93. The van der Waals surface area contributed by atoms with E-state index in [4.69, 9.17) is 5.73 Å². The van der Waals surface area contributed by atoms with Crippen LogP contribution in [-0.2, 0) is 13.5 Å². The lowest BCUT2D eigenvalue weighted by Gasteiger charge is -2.50. The van der Waals surface area contributed by atoms with Crippen LogP contribution in [0.25, 0.3) is 0 Å². The molecule has 0 bridgehead atoms. The molecule has 3 heteroatoms. The Kier molecular flexibility index (Phi) is 3.09. The minimum atomic E-state index is -0.0890. The van der Waals surface area contributed by atoms with Crippen molar-refractivity contribution in [3.05, 3.63) is 18.0 Å². The normalized spacial score (nSPS) is 25.0. The van der Waals surface area contributed by atoms with Crippen molar-refractivity contribution in [2.45, 2.75) is 58.9 Å². The third-order valence-electron chi connectivity index (χ3n) is 3.93. The highest BCUT2D eigenvalue weighted by Crippen LogP contribution is 2.49. The van der Waals surface area contributed by atoms with Crippen LogP contribution in [0.3, 0.4) is 0 Å². The Hall–Kier alpha value is -0.830. The number of rotatable bonds is 2. The molecule has 0 amide bonds. The fourth-order valence-corrected chi connectivity index (χ4v) is 4.48. The Labute approximate surface area is 111 Å². The van der Waals surface area contributed by atoms with Crippen LogP contribution in [0, 0.1) is 10.8 Å². The minimum absolute atomic E-state index is 0.0890. The lowest BCUT2D eigenvalue weighted by Crippen LogP contribution is -2.53. The van der Waals surface area contributed by atoms with E-state index >= 15 is 0 Å². The average Bonchev–Trinajstić information content (AvgIpc) is 2.42. The highest BCUT2D eigenvalue weighted by molar-refractivity contribution is 5.13. The topological polar surface area (TPSA) is 43.8 Å². The molecule has 2 N–H and O–H groups in total. The summed E-state index contributed by atoms with van der Waals surface area (Å²) in [6, 6.07) is 0. The van der Waals surface area contributed by atoms with Gasteiger partial charge < -0.3 is 5.73 Å². The number of hydrogen-bond acceptors (Lipinski definition) is 2. The van der Waals surface area contributed by atoms with Crippen molar-refractivity contribution in [2.24, 2.45) is 23.6 Å². The molecule has 1 fully saturated rings. The molecular formula is C15H27N3. The smallest absolute Gasteiger partial charge is 0.0522 e. The van der Waals surface area contributed by atoms with Crippen molar-refractivity contribution in [3.63, 3.8) is 0 Å². The number of nitrogens with two attached hydrogens (primary N) is 1. The predicted octanol–water partition coefficient (Wildman–Crippen LogP) is 2.90. The van der Waals surface area contributed by atoms with Crippen molar-refractivity contribution in [3.8, 4) is 0 Å². The molecule has 0 unspecified atom stereocenters. The molecule has 1 aromatic rings. The second-order valence-corrected chi connectivity index (χ2v) is 7.92. The Balaban J connectivity index is 2.19. The van der Waals surface area contributed by atoms with E-state index in [0.717, 1.165) is 19.3 Å². The summed E-state index contributed by atoms with van der Waals surface area (Å²) in [5.74, 6) is 0. The van der Waals surface area contributed by atoms with Crippen LogP contribution in [-0.4, -0.2) is 15.3 Å². The van der Waals surface area contributed by atoms with Crippen LogP contribution in [0.1, 0.15) is 52.5 Å². The highest BCUT2D eigenvalue weighted by atomic mass is 15.2. The zero-order valence-electron chi connectivity index (χ0n) is 12.5. The van der Waals surface area contributed by atoms with Gasteiger partial charge in [0.1, 0.15) is 0 Å². The van der Waals surface area contributed by atoms with Gasteiger partial charge in [-0.3, -0.25) is 4.68 Å². The molecular weight excluding hydrogens is 222 g/mol. The summed E-state index contributed by atoms with van der Waals surface area (Å²) in [6.07, 6.45) is 8.42. The van der Waals surface area contributed by atoms with E-state index in [0.29, 0.717) is 10.8 Å². The average molecular weight is 249 g/mol. The van der Waals surface area contributed by atoms with Gasteiger partial charge in [0.15, 0.2) is 0 Å². The molecule has 1 aliphatic carbocycles. The van der Waals surface area contributed by atoms with E-state index in [1.54, 1.807) is 0 Å². The van der Waals surface area contributed by atoms with Gasteiger partial charge in [0.25, 0.3) is 0 Å². The van der Waals surface area contributed by atoms with Gasteiger partial charge in [-0.15, -0.1) is 0 Å². The molecule has 18 heavy (non-hydrogen) atoms. The van der Waals surface area contributed by atoms with Crippen LogP contribution in [0.5, 0.6) is 0 Å². The van der Waals surface area contributed by atoms with Crippen LogP contribution in [0.2, 0.25) is 0 Å². The Morgan fingerprint density at radius 1 is 1.17 bits per heavy atom. The number of nitrogens with zero attached hydrogens (tertiary/aromatic N) is 2. The summed E-state index contributed by atoms with van der Waals surface area (Å²) in [7, 11) is 1.96. The number of aromatic nitrogens is 2. The van der Waals surface area contributed by atoms with E-state index in [1.165, 1.54) is 12.0 Å². The lowest BCUT2D eigenvalue weighted by atomic mass is 9.57. The Morgan fingerprint density at radius 2 is 1.72 bits per heavy atom. The summed E-state index contributed by atoms with van der Waals surface area (Å²) in [5.41, 5.74) is 8.55. The molecule has 1 aromatic heterocycles. The first-order valence-corrected chi connectivity index (χ1v) is 6.86. The first-order chi connectivity index (χ1) is 8.09. The molecule has 1 heterocycles. The molecule has 0 saturated heterocycles. The van der Waals surface area contributed by atoms with E-state index in [1.807, 2.05) is 17.9 Å². The van der Waals surface area contributed by atoms with Gasteiger partial charge in [0.05, 0.1) is 6.20 Å². The van der Waals surface area contributed by atoms with Crippen LogP contribution in [0.4, 0.5) is 0 Å². The zero-order valence-corrected chi connectivity index (χ0v) is 12.5. The largest absolute Gasteiger partial charge is 0.325 e. The molecule has 0 atom stereocenters. The molecule has 1 aliphatic rings. The fourth-order valence-electron chi connectivity index (χ4n) is 4.48. The maximum absolute atomic E-state index is 6.71. The minimum Gasteiger partial charge on any atom is -0.325 e. The van der Waals surface area contributed by atoms with Gasteiger partial charge in [-0.1, -0.05) is 27.7 Å². The first-order valence-electron chi connectivity index (χ1n) is 6.86. The summed E-state index contributed by atoms with van der Waals surface area (Å²) in [6.45, 7) is 9.38. The lowest BCUT2D eigenvalue weighted by molar-refractivity contribution is 0.0487. The second-order valence-electron chi connectivity index (χ2n) is 7.92. The summed E-state index contributed by atoms with van der Waals surface area (Å²) in [4.78, 5) is 0. The van der Waals surface area contributed by atoms with E-state index in [2.05, 4.69) is 39.0 Å². The van der Waals surface area contributed by atoms with Crippen LogP contribution < -0.4 is 5.73 Å². The summed E-state index contributed by atoms with van der Waals surface area (Å²) >= 11 is 0. The van der Waals surface area contributed by atoms with Gasteiger partial charge >= 0.3 is 0 Å². The predicted molar refractivity (Wildman–Crippen MR) is 75.2 cm³/mol. The van der Waals surface area contributed by atoms with Gasteiger partial charge in [-0.05, 0) is 42.1 Å². The van der Waals surface area contributed by atoms with E-state index < -0.39 is 0 Å². The molecule has 0 aromatic carbocycles. The van der Waals surface area contributed by atoms with Crippen molar-refractivity contribution in [2.75, 3.05) is 0 Å². The summed E-state index contributed by atoms with van der Waals surface area (Å²) < 4.78 is 1.86. The first kappa shape index (κ1) is 13.6. The van der Waals surface area contributed by atoms with Crippen molar-refractivity contribution in [1.29, 1.82) is 0 Å². The molecule has 1 saturated carbocycles. The zero-order chi connectivity index (χ0) is 13.6. The van der Waals surface area contributed by atoms with Gasteiger partial charge in [-0.25, -0.2) is 0 Å². The SMILES string of the molecule is Cn1cc(CC2(N)CC(C)(C)CC(C)(C)C2)cn1. The standard InChI is InChI=1S/C15H27N3/c1-13(2)9-14(3,4)11-15(16,10-13)6-12-7-17-18(5)8-12/h7-8H,6,9-11,16H2,1-5H3. The second kappa shape index (κ2) is 4.09. The van der Waals surface area contributed by atoms with Gasteiger partial charge in [0.2, 0.25) is 0 Å². The van der Waals surface area contributed by atoms with Crippen molar-refractivity contribution >= 4 is 0 Å². The maximum atomic E-state index is 6.71. The van der Waals surface area contributed by atoms with Crippen LogP contribution in [0.15, 0.2) is 12.4 Å². The van der Waals surface area contributed by atoms with Crippen molar-refractivity contribution in [1.82, 2.24) is 9.78 Å². The Morgan fingerprint density at radius 3 is 2.17 bits per heavy atom. The van der Waals surface area contributed by atoms with Gasteiger partial charge in [0, 0.05) is 18.8 Å². The van der Waals surface area contributed by atoms with Gasteiger partial charge in [-0.2, -0.15) is 5.10 Å². The summed E-state index contributed by atoms with van der Waals surface area (Å²) in [5, 5.41) is 4.25. The van der Waals surface area contributed by atoms with E-state index in [-0.39, 0.29) is 5.54 Å². The van der Waals surface area contributed by atoms with Crippen LogP contribution >= 0.6 is 0 Å². The molecule has 0 aliphatic heterocycles. The monoisotopic (exact) mass is 249 g/mol. The molecule has 102 valence electrons. The molecule has 0 radical (unpaired) electrons. The Bertz CT molecular complexity index is 413. The fraction of sp³-hybridized carbons (Fsp3) is 0.800. The molecule has 3 nitrogen and oxygen atoms in total.